The maximum atomic E-state index is 13.6. The lowest BCUT2D eigenvalue weighted by Gasteiger charge is -2.31. The Kier molecular flexibility index (Phi) is 9.31. The lowest BCUT2D eigenvalue weighted by Crippen LogP contribution is -2.52. The van der Waals surface area contributed by atoms with Crippen molar-refractivity contribution >= 4 is 46.0 Å². The first kappa shape index (κ1) is 27.9. The van der Waals surface area contributed by atoms with Crippen LogP contribution >= 0.6 is 23.2 Å². The van der Waals surface area contributed by atoms with E-state index in [1.807, 2.05) is 65.1 Å². The Morgan fingerprint density at radius 3 is 2.42 bits per heavy atom. The molecule has 3 aromatic rings. The molecule has 3 rings (SSSR count). The van der Waals surface area contributed by atoms with Gasteiger partial charge < -0.3 is 20.1 Å². The van der Waals surface area contributed by atoms with E-state index in [-0.39, 0.29) is 24.4 Å². The van der Waals surface area contributed by atoms with Crippen molar-refractivity contribution in [2.45, 2.75) is 53.1 Å². The fraction of sp³-hybridized carbons (Fsp3) is 0.429. The maximum Gasteiger partial charge on any atom is 0.318 e. The summed E-state index contributed by atoms with van der Waals surface area (Å²) in [5.74, 6) is 0.101. The van der Waals surface area contributed by atoms with Crippen LogP contribution in [-0.4, -0.2) is 51.9 Å². The zero-order valence-corrected chi connectivity index (χ0v) is 23.2. The number of carbonyl (C=O) groups excluding carboxylic acids is 2. The van der Waals surface area contributed by atoms with Crippen LogP contribution in [0.3, 0.4) is 0 Å². The van der Waals surface area contributed by atoms with Crippen LogP contribution in [0.15, 0.2) is 48.7 Å². The smallest absolute Gasteiger partial charge is 0.318 e. The SMILES string of the molecule is CC(C)CN(CC(=O)N(CCc1c[nH]c2ccccc12)Cc1ccc(Cl)c(Cl)c1)C(=O)NC(C)(C)C. The average Bonchev–Trinajstić information content (AvgIpc) is 3.20. The number of halogens is 2. The third-order valence-corrected chi connectivity index (χ3v) is 6.46. The van der Waals surface area contributed by atoms with Gasteiger partial charge in [0.15, 0.2) is 0 Å². The molecule has 0 radical (unpaired) electrons. The summed E-state index contributed by atoms with van der Waals surface area (Å²) in [7, 11) is 0. The van der Waals surface area contributed by atoms with Gasteiger partial charge in [0.2, 0.25) is 5.91 Å². The standard InChI is InChI=1S/C28H36Cl2N4O2/c1-19(2)16-34(27(36)32-28(3,4)5)18-26(35)33(17-20-10-11-23(29)24(30)14-20)13-12-21-15-31-25-9-7-6-8-22(21)25/h6-11,14-15,19,31H,12-13,16-18H2,1-5H3,(H,32,36). The Bertz CT molecular complexity index is 1200. The number of rotatable bonds is 9. The summed E-state index contributed by atoms with van der Waals surface area (Å²) in [6.07, 6.45) is 2.67. The zero-order valence-electron chi connectivity index (χ0n) is 21.7. The van der Waals surface area contributed by atoms with Gasteiger partial charge in [0.1, 0.15) is 6.54 Å². The topological polar surface area (TPSA) is 68.4 Å². The van der Waals surface area contributed by atoms with Gasteiger partial charge in [-0.05, 0) is 62.4 Å². The summed E-state index contributed by atoms with van der Waals surface area (Å²) in [6.45, 7) is 11.2. The molecule has 0 saturated heterocycles. The van der Waals surface area contributed by atoms with Crippen LogP contribution in [0.1, 0.15) is 45.7 Å². The Morgan fingerprint density at radius 2 is 1.75 bits per heavy atom. The van der Waals surface area contributed by atoms with E-state index < -0.39 is 5.54 Å². The van der Waals surface area contributed by atoms with Crippen LogP contribution in [0.25, 0.3) is 10.9 Å². The van der Waals surface area contributed by atoms with E-state index in [4.69, 9.17) is 23.2 Å². The minimum Gasteiger partial charge on any atom is -0.361 e. The first-order chi connectivity index (χ1) is 16.9. The van der Waals surface area contributed by atoms with Crippen LogP contribution in [0.5, 0.6) is 0 Å². The van der Waals surface area contributed by atoms with Gasteiger partial charge >= 0.3 is 6.03 Å². The molecule has 1 aromatic heterocycles. The number of aromatic amines is 1. The number of nitrogens with zero attached hydrogens (tertiary/aromatic N) is 2. The molecule has 0 spiro atoms. The first-order valence-electron chi connectivity index (χ1n) is 12.3. The molecular weight excluding hydrogens is 495 g/mol. The monoisotopic (exact) mass is 530 g/mol. The van der Waals surface area contributed by atoms with Gasteiger partial charge in [0.25, 0.3) is 0 Å². The van der Waals surface area contributed by atoms with Crippen LogP contribution in [0.2, 0.25) is 10.0 Å². The minimum atomic E-state index is -0.398. The molecule has 0 saturated carbocycles. The number of carbonyl (C=O) groups is 2. The van der Waals surface area contributed by atoms with Crippen molar-refractivity contribution in [1.29, 1.82) is 0 Å². The Labute approximate surface area is 223 Å². The zero-order chi connectivity index (χ0) is 26.5. The molecule has 0 aliphatic heterocycles. The summed E-state index contributed by atoms with van der Waals surface area (Å²) in [4.78, 5) is 33.3. The molecule has 0 aliphatic carbocycles. The van der Waals surface area contributed by atoms with Gasteiger partial charge in [-0.25, -0.2) is 4.79 Å². The van der Waals surface area contributed by atoms with Crippen LogP contribution in [-0.2, 0) is 17.8 Å². The van der Waals surface area contributed by atoms with E-state index in [0.717, 1.165) is 22.0 Å². The van der Waals surface area contributed by atoms with E-state index in [0.29, 0.717) is 36.1 Å². The highest BCUT2D eigenvalue weighted by atomic mass is 35.5. The van der Waals surface area contributed by atoms with Gasteiger partial charge in [-0.15, -0.1) is 0 Å². The molecule has 0 aliphatic rings. The average molecular weight is 532 g/mol. The Balaban J connectivity index is 1.82. The van der Waals surface area contributed by atoms with Gasteiger partial charge in [-0.2, -0.15) is 0 Å². The molecule has 0 unspecified atom stereocenters. The van der Waals surface area contributed by atoms with E-state index >= 15 is 0 Å². The quantitative estimate of drug-likeness (QED) is 0.331. The molecule has 0 atom stereocenters. The van der Waals surface area contributed by atoms with Gasteiger partial charge in [-0.1, -0.05) is 61.3 Å². The first-order valence-corrected chi connectivity index (χ1v) is 13.0. The highest BCUT2D eigenvalue weighted by Gasteiger charge is 2.25. The molecule has 2 aromatic carbocycles. The minimum absolute atomic E-state index is 0.00466. The Morgan fingerprint density at radius 1 is 1.03 bits per heavy atom. The maximum absolute atomic E-state index is 13.6. The molecule has 6 nitrogen and oxygen atoms in total. The second kappa shape index (κ2) is 12.0. The molecule has 0 fully saturated rings. The number of para-hydroxylation sites is 1. The van der Waals surface area contributed by atoms with Crippen LogP contribution in [0, 0.1) is 5.92 Å². The summed E-state index contributed by atoms with van der Waals surface area (Å²) in [6, 6.07) is 13.3. The molecule has 3 amide bonds. The summed E-state index contributed by atoms with van der Waals surface area (Å²) < 4.78 is 0. The predicted octanol–water partition coefficient (Wildman–Crippen LogP) is 6.51. The fourth-order valence-corrected chi connectivity index (χ4v) is 4.39. The summed E-state index contributed by atoms with van der Waals surface area (Å²) in [5.41, 5.74) is 2.69. The lowest BCUT2D eigenvalue weighted by molar-refractivity contribution is -0.132. The van der Waals surface area contributed by atoms with Crippen molar-refractivity contribution in [3.63, 3.8) is 0 Å². The normalized spacial score (nSPS) is 11.7. The molecule has 2 N–H and O–H groups in total. The van der Waals surface area contributed by atoms with Crippen LogP contribution < -0.4 is 5.32 Å². The van der Waals surface area contributed by atoms with Crippen molar-refractivity contribution in [3.05, 3.63) is 69.8 Å². The van der Waals surface area contributed by atoms with E-state index in [2.05, 4.69) is 16.4 Å². The third kappa shape index (κ3) is 7.90. The predicted molar refractivity (Wildman–Crippen MR) is 149 cm³/mol. The molecular formula is C28H36Cl2N4O2. The summed E-state index contributed by atoms with van der Waals surface area (Å²) in [5, 5.41) is 5.05. The number of urea groups is 1. The van der Waals surface area contributed by atoms with E-state index in [1.54, 1.807) is 21.9 Å². The van der Waals surface area contributed by atoms with E-state index in [1.165, 1.54) is 0 Å². The Hall–Kier alpha value is -2.70. The van der Waals surface area contributed by atoms with Gasteiger partial charge in [0.05, 0.1) is 10.0 Å². The number of benzene rings is 2. The van der Waals surface area contributed by atoms with E-state index in [9.17, 15) is 9.59 Å². The van der Waals surface area contributed by atoms with Crippen molar-refractivity contribution in [1.82, 2.24) is 20.1 Å². The number of H-pyrrole nitrogens is 1. The van der Waals surface area contributed by atoms with Crippen molar-refractivity contribution in [2.75, 3.05) is 19.6 Å². The fourth-order valence-electron chi connectivity index (χ4n) is 4.07. The highest BCUT2D eigenvalue weighted by molar-refractivity contribution is 6.42. The molecule has 8 heteroatoms. The molecule has 194 valence electrons. The second-order valence-electron chi connectivity index (χ2n) is 10.6. The number of hydrogen-bond donors (Lipinski definition) is 2. The largest absolute Gasteiger partial charge is 0.361 e. The molecule has 36 heavy (non-hydrogen) atoms. The van der Waals surface area contributed by atoms with Crippen molar-refractivity contribution < 1.29 is 9.59 Å². The number of hydrogen-bond acceptors (Lipinski definition) is 2. The van der Waals surface area contributed by atoms with Gasteiger partial charge in [-0.3, -0.25) is 4.79 Å². The lowest BCUT2D eigenvalue weighted by atomic mass is 10.1. The summed E-state index contributed by atoms with van der Waals surface area (Å²) >= 11 is 12.3. The van der Waals surface area contributed by atoms with Crippen molar-refractivity contribution in [3.8, 4) is 0 Å². The second-order valence-corrected chi connectivity index (χ2v) is 11.4. The third-order valence-electron chi connectivity index (χ3n) is 5.72. The van der Waals surface area contributed by atoms with Gasteiger partial charge in [0, 0.05) is 42.3 Å². The number of amides is 3. The number of fused-ring (bicyclic) bond motifs is 1. The molecule has 1 heterocycles. The highest BCUT2D eigenvalue weighted by Crippen LogP contribution is 2.24. The van der Waals surface area contributed by atoms with Crippen molar-refractivity contribution in [2.24, 2.45) is 5.92 Å². The number of nitrogens with one attached hydrogen (secondary N) is 2. The molecule has 0 bridgehead atoms. The van der Waals surface area contributed by atoms with Crippen LogP contribution in [0.4, 0.5) is 4.79 Å². The number of aromatic nitrogens is 1.